The van der Waals surface area contributed by atoms with Crippen molar-refractivity contribution in [1.82, 2.24) is 0 Å². The number of ether oxygens (including phenoxy) is 4. The van der Waals surface area contributed by atoms with E-state index in [4.69, 9.17) is 29.1 Å². The second-order valence-corrected chi connectivity index (χ2v) is 7.26. The maximum atomic E-state index is 13.3. The number of hydrogen-bond donors (Lipinski definition) is 1. The van der Waals surface area contributed by atoms with Crippen molar-refractivity contribution in [2.75, 3.05) is 21.3 Å². The van der Waals surface area contributed by atoms with E-state index in [1.54, 1.807) is 24.5 Å². The normalized spacial score (nSPS) is 20.6. The third-order valence-corrected chi connectivity index (χ3v) is 5.63. The van der Waals surface area contributed by atoms with Gasteiger partial charge in [0.25, 0.3) is 0 Å². The van der Waals surface area contributed by atoms with Gasteiger partial charge in [-0.2, -0.15) is 5.26 Å². The second-order valence-electron chi connectivity index (χ2n) is 7.26. The van der Waals surface area contributed by atoms with Gasteiger partial charge in [-0.05, 0) is 29.8 Å². The molecule has 0 fully saturated rings. The third kappa shape index (κ3) is 3.38. The van der Waals surface area contributed by atoms with Crippen LogP contribution < -0.4 is 19.9 Å². The van der Waals surface area contributed by atoms with E-state index in [9.17, 15) is 10.1 Å². The van der Waals surface area contributed by atoms with E-state index in [1.807, 2.05) is 6.07 Å². The summed E-state index contributed by atoms with van der Waals surface area (Å²) in [6.07, 6.45) is 2.26. The molecule has 1 aliphatic carbocycles. The van der Waals surface area contributed by atoms with Gasteiger partial charge in [0.05, 0.1) is 33.5 Å². The molecule has 0 radical (unpaired) electrons. The number of hydrogen-bond acceptors (Lipinski definition) is 8. The molecule has 1 aromatic carbocycles. The van der Waals surface area contributed by atoms with Gasteiger partial charge in [0.2, 0.25) is 11.6 Å². The zero-order valence-corrected chi connectivity index (χ0v) is 17.4. The molecule has 8 nitrogen and oxygen atoms in total. The van der Waals surface area contributed by atoms with E-state index in [0.29, 0.717) is 46.3 Å². The SMILES string of the molecule is COc1cc([C@@H]2C(C#N)=C(N)OC3=C2C(=O)C[C@@H](c2ccco2)C3)cc(OC)c1OC. The third-order valence-electron chi connectivity index (χ3n) is 5.63. The monoisotopic (exact) mass is 422 g/mol. The molecule has 1 aliphatic heterocycles. The smallest absolute Gasteiger partial charge is 0.205 e. The van der Waals surface area contributed by atoms with Crippen LogP contribution in [-0.4, -0.2) is 27.1 Å². The molecule has 160 valence electrons. The summed E-state index contributed by atoms with van der Waals surface area (Å²) in [7, 11) is 4.52. The van der Waals surface area contributed by atoms with Gasteiger partial charge in [0.15, 0.2) is 17.3 Å². The fourth-order valence-corrected chi connectivity index (χ4v) is 4.23. The summed E-state index contributed by atoms with van der Waals surface area (Å²) in [6.45, 7) is 0. The Morgan fingerprint density at radius 2 is 1.84 bits per heavy atom. The van der Waals surface area contributed by atoms with Gasteiger partial charge in [-0.3, -0.25) is 4.79 Å². The maximum absolute atomic E-state index is 13.3. The van der Waals surface area contributed by atoms with Crippen LogP contribution >= 0.6 is 0 Å². The molecule has 2 aliphatic rings. The van der Waals surface area contributed by atoms with Crippen LogP contribution in [0.15, 0.2) is 57.7 Å². The number of carbonyl (C=O) groups is 1. The Labute approximate surface area is 179 Å². The van der Waals surface area contributed by atoms with Crippen LogP contribution in [0.3, 0.4) is 0 Å². The highest BCUT2D eigenvalue weighted by atomic mass is 16.5. The summed E-state index contributed by atoms with van der Waals surface area (Å²) in [5.41, 5.74) is 7.31. The van der Waals surface area contributed by atoms with Gasteiger partial charge in [-0.25, -0.2) is 0 Å². The molecule has 2 atom stereocenters. The molecule has 0 amide bonds. The highest BCUT2D eigenvalue weighted by molar-refractivity contribution is 6.00. The Hall–Kier alpha value is -3.86. The number of Topliss-reactive ketones (excluding diaryl/α,β-unsaturated/α-hetero) is 1. The number of nitrogens with two attached hydrogens (primary N) is 1. The first-order chi connectivity index (χ1) is 15.0. The van der Waals surface area contributed by atoms with Crippen molar-refractivity contribution >= 4 is 5.78 Å². The van der Waals surface area contributed by atoms with Gasteiger partial charge in [0, 0.05) is 24.3 Å². The fourth-order valence-electron chi connectivity index (χ4n) is 4.23. The van der Waals surface area contributed by atoms with E-state index < -0.39 is 5.92 Å². The molecule has 0 saturated carbocycles. The molecular formula is C23H22N2O6. The number of methoxy groups -OCH3 is 3. The predicted molar refractivity (Wildman–Crippen MR) is 109 cm³/mol. The van der Waals surface area contributed by atoms with Crippen molar-refractivity contribution in [2.24, 2.45) is 5.73 Å². The summed E-state index contributed by atoms with van der Waals surface area (Å²) in [6, 6.07) is 9.17. The predicted octanol–water partition coefficient (Wildman–Crippen LogP) is 3.51. The van der Waals surface area contributed by atoms with E-state index in [2.05, 4.69) is 6.07 Å². The number of carbonyl (C=O) groups excluding carboxylic acids is 1. The van der Waals surface area contributed by atoms with Crippen molar-refractivity contribution in [3.63, 3.8) is 0 Å². The summed E-state index contributed by atoms with van der Waals surface area (Å²) in [5, 5.41) is 9.82. The average molecular weight is 422 g/mol. The lowest BCUT2D eigenvalue weighted by molar-refractivity contribution is -0.117. The molecule has 4 rings (SSSR count). The molecule has 2 heterocycles. The van der Waals surface area contributed by atoms with Gasteiger partial charge >= 0.3 is 0 Å². The number of nitrogens with zero attached hydrogens (tertiary/aromatic N) is 1. The number of allylic oxidation sites excluding steroid dienone is 3. The van der Waals surface area contributed by atoms with E-state index in [0.717, 1.165) is 0 Å². The molecule has 8 heteroatoms. The molecule has 2 N–H and O–H groups in total. The quantitative estimate of drug-likeness (QED) is 0.778. The summed E-state index contributed by atoms with van der Waals surface area (Å²) >= 11 is 0. The Morgan fingerprint density at radius 1 is 1.13 bits per heavy atom. The lowest BCUT2D eigenvalue weighted by Gasteiger charge is -2.33. The summed E-state index contributed by atoms with van der Waals surface area (Å²) in [5.74, 6) is 1.41. The maximum Gasteiger partial charge on any atom is 0.205 e. The van der Waals surface area contributed by atoms with Crippen LogP contribution in [0.2, 0.25) is 0 Å². The van der Waals surface area contributed by atoms with Gasteiger partial charge in [-0.1, -0.05) is 0 Å². The first-order valence-corrected chi connectivity index (χ1v) is 9.69. The molecule has 0 bridgehead atoms. The average Bonchev–Trinajstić information content (AvgIpc) is 3.32. The molecular weight excluding hydrogens is 400 g/mol. The van der Waals surface area contributed by atoms with Crippen molar-refractivity contribution in [2.45, 2.75) is 24.7 Å². The Morgan fingerprint density at radius 3 is 2.39 bits per heavy atom. The van der Waals surface area contributed by atoms with Crippen LogP contribution in [0.5, 0.6) is 17.2 Å². The van der Waals surface area contributed by atoms with E-state index in [1.165, 1.54) is 21.3 Å². The fraction of sp³-hybridized carbons (Fsp3) is 0.304. The van der Waals surface area contributed by atoms with E-state index in [-0.39, 0.29) is 29.6 Å². The minimum atomic E-state index is -0.701. The first kappa shape index (κ1) is 20.4. The molecule has 2 aromatic rings. The van der Waals surface area contributed by atoms with Crippen molar-refractivity contribution in [3.05, 3.63) is 64.6 Å². The highest BCUT2D eigenvalue weighted by Crippen LogP contribution is 2.49. The summed E-state index contributed by atoms with van der Waals surface area (Å²) < 4.78 is 27.6. The number of nitriles is 1. The van der Waals surface area contributed by atoms with Crippen LogP contribution in [0, 0.1) is 11.3 Å². The topological polar surface area (TPSA) is 117 Å². The number of rotatable bonds is 5. The van der Waals surface area contributed by atoms with Crippen molar-refractivity contribution in [3.8, 4) is 23.3 Å². The van der Waals surface area contributed by atoms with Gasteiger partial charge in [-0.15, -0.1) is 0 Å². The largest absolute Gasteiger partial charge is 0.493 e. The standard InChI is InChI=1S/C23H22N2O6/c1-27-18-9-13(10-19(28-2)22(18)29-3)20-14(11-24)23(25)31-17-8-12(7-15(26)21(17)20)16-5-4-6-30-16/h4-6,9-10,12,20H,7-8,25H2,1-3H3/t12-,20-/m1/s1. The van der Waals surface area contributed by atoms with Crippen LogP contribution in [0.1, 0.15) is 36.0 Å². The Kier molecular flexibility index (Phi) is 5.34. The zero-order valence-electron chi connectivity index (χ0n) is 17.4. The highest BCUT2D eigenvalue weighted by Gasteiger charge is 2.42. The molecule has 0 spiro atoms. The minimum absolute atomic E-state index is 0.0205. The Balaban J connectivity index is 1.86. The minimum Gasteiger partial charge on any atom is -0.493 e. The first-order valence-electron chi connectivity index (χ1n) is 9.69. The van der Waals surface area contributed by atoms with Crippen LogP contribution in [0.25, 0.3) is 0 Å². The van der Waals surface area contributed by atoms with Crippen molar-refractivity contribution in [1.29, 1.82) is 5.26 Å². The molecule has 31 heavy (non-hydrogen) atoms. The number of furan rings is 1. The second kappa shape index (κ2) is 8.11. The van der Waals surface area contributed by atoms with Gasteiger partial charge < -0.3 is 29.1 Å². The number of ketones is 1. The van der Waals surface area contributed by atoms with E-state index >= 15 is 0 Å². The lowest BCUT2D eigenvalue weighted by Crippen LogP contribution is -2.29. The van der Waals surface area contributed by atoms with Gasteiger partial charge in [0.1, 0.15) is 23.2 Å². The van der Waals surface area contributed by atoms with Crippen LogP contribution in [-0.2, 0) is 9.53 Å². The number of benzene rings is 1. The lowest BCUT2D eigenvalue weighted by atomic mass is 9.74. The molecule has 0 unspecified atom stereocenters. The van der Waals surface area contributed by atoms with Crippen molar-refractivity contribution < 1.29 is 28.2 Å². The molecule has 0 saturated heterocycles. The van der Waals surface area contributed by atoms with Crippen LogP contribution in [0.4, 0.5) is 0 Å². The Bertz CT molecular complexity index is 1100. The molecule has 1 aromatic heterocycles. The zero-order chi connectivity index (χ0) is 22.1. The summed E-state index contributed by atoms with van der Waals surface area (Å²) in [4.78, 5) is 13.3.